The molecular weight excluding hydrogens is 1020 g/mol. The van der Waals surface area contributed by atoms with E-state index in [1.807, 2.05) is 12.4 Å². The summed E-state index contributed by atoms with van der Waals surface area (Å²) < 4.78 is 10.1. The van der Waals surface area contributed by atoms with Crippen LogP contribution in [-0.2, 0) is 21.7 Å². The first-order chi connectivity index (χ1) is 40.5. The van der Waals surface area contributed by atoms with Crippen molar-refractivity contribution in [3.63, 3.8) is 0 Å². The Morgan fingerprint density at radius 2 is 1.00 bits per heavy atom. The number of furan rings is 1. The summed E-state index contributed by atoms with van der Waals surface area (Å²) in [4.78, 5) is 15.5. The van der Waals surface area contributed by atoms with Crippen LogP contribution in [0.1, 0.15) is 111 Å². The molecule has 5 heterocycles. The zero-order valence-corrected chi connectivity index (χ0v) is 49.4. The molecule has 0 saturated heterocycles. The maximum absolute atomic E-state index is 7.51. The maximum Gasteiger partial charge on any atom is 0.160 e. The number of pyridine rings is 2. The largest absolute Gasteiger partial charge is 0.454 e. The number of hydrogen-bond acceptors (Lipinski definition) is 5. The first-order valence-electron chi connectivity index (χ1n) is 29.6. The van der Waals surface area contributed by atoms with Crippen LogP contribution >= 0.6 is 0 Å². The lowest BCUT2D eigenvalue weighted by Crippen LogP contribution is -2.34. The van der Waals surface area contributed by atoms with Gasteiger partial charge in [-0.15, -0.1) is 0 Å². The Balaban J connectivity index is 1.14. The molecule has 0 amide bonds. The summed E-state index contributed by atoms with van der Waals surface area (Å²) in [5, 5.41) is 4.62. The van der Waals surface area contributed by atoms with E-state index in [1.54, 1.807) is 0 Å². The molecule has 4 aromatic heterocycles. The van der Waals surface area contributed by atoms with E-state index in [9.17, 15) is 0 Å². The highest BCUT2D eigenvalue weighted by Gasteiger charge is 2.56. The summed E-state index contributed by atoms with van der Waals surface area (Å²) in [5.74, 6) is 1.66. The molecule has 0 N–H and O–H groups in total. The monoisotopic (exact) mass is 1090 g/mol. The van der Waals surface area contributed by atoms with E-state index in [0.29, 0.717) is 0 Å². The van der Waals surface area contributed by atoms with Crippen molar-refractivity contribution in [1.82, 2.24) is 14.5 Å². The molecule has 0 bridgehead atoms. The number of para-hydroxylation sites is 4. The lowest BCUT2D eigenvalue weighted by molar-refractivity contribution is 0.590. The predicted molar refractivity (Wildman–Crippen MR) is 348 cm³/mol. The summed E-state index contributed by atoms with van der Waals surface area (Å²) in [6, 6.07) is 75.3. The fraction of sp³-hybridized carbons (Fsp3) is 0.179. The van der Waals surface area contributed by atoms with Gasteiger partial charge in [0.25, 0.3) is 0 Å². The molecule has 0 radical (unpaired) electrons. The lowest BCUT2D eigenvalue weighted by atomic mass is 9.64. The number of anilines is 6. The van der Waals surface area contributed by atoms with E-state index in [2.05, 4.69) is 284 Å². The normalized spacial score (nSPS) is 15.4. The van der Waals surface area contributed by atoms with Crippen LogP contribution in [0.2, 0.25) is 0 Å². The van der Waals surface area contributed by atoms with Crippen molar-refractivity contribution < 1.29 is 4.42 Å². The van der Waals surface area contributed by atoms with Crippen LogP contribution in [0.15, 0.2) is 217 Å². The van der Waals surface area contributed by atoms with E-state index in [1.165, 1.54) is 88.6 Å². The number of aryl methyl sites for hydroxylation is 2. The molecule has 9 aromatic carbocycles. The average Bonchev–Trinajstić information content (AvgIpc) is 1.49. The molecule has 3 aliphatic rings. The third-order valence-corrected chi connectivity index (χ3v) is 18.9. The molecule has 13 aromatic rings. The number of benzene rings is 9. The second-order valence-electron chi connectivity index (χ2n) is 26.3. The molecule has 0 saturated carbocycles. The van der Waals surface area contributed by atoms with Crippen molar-refractivity contribution in [1.29, 1.82) is 0 Å². The zero-order valence-electron chi connectivity index (χ0n) is 49.4. The second kappa shape index (κ2) is 17.5. The van der Waals surface area contributed by atoms with Crippen molar-refractivity contribution in [3.05, 3.63) is 268 Å². The van der Waals surface area contributed by atoms with Crippen LogP contribution in [0, 0.1) is 13.8 Å². The molecular formula is C78H65N5O. The first-order valence-corrected chi connectivity index (χ1v) is 29.6. The van der Waals surface area contributed by atoms with Gasteiger partial charge in [-0.2, -0.15) is 0 Å². The highest BCUT2D eigenvalue weighted by molar-refractivity contribution is 6.22. The van der Waals surface area contributed by atoms with Crippen LogP contribution in [0.5, 0.6) is 0 Å². The van der Waals surface area contributed by atoms with Crippen LogP contribution in [0.3, 0.4) is 0 Å². The van der Waals surface area contributed by atoms with Gasteiger partial charge in [0, 0.05) is 56.3 Å². The van der Waals surface area contributed by atoms with Gasteiger partial charge in [0.2, 0.25) is 0 Å². The quantitative estimate of drug-likeness (QED) is 0.166. The summed E-state index contributed by atoms with van der Waals surface area (Å²) in [7, 11) is 0. The molecule has 6 heteroatoms. The molecule has 1 unspecified atom stereocenters. The van der Waals surface area contributed by atoms with Gasteiger partial charge in [0.15, 0.2) is 5.58 Å². The molecule has 1 atom stereocenters. The summed E-state index contributed by atoms with van der Waals surface area (Å²) >= 11 is 0. The van der Waals surface area contributed by atoms with Crippen LogP contribution in [0.4, 0.5) is 34.4 Å². The molecule has 84 heavy (non-hydrogen) atoms. The Hall–Kier alpha value is -9.52. The van der Waals surface area contributed by atoms with Crippen molar-refractivity contribution >= 4 is 78.1 Å². The predicted octanol–water partition coefficient (Wildman–Crippen LogP) is 20.6. The van der Waals surface area contributed by atoms with Gasteiger partial charge >= 0.3 is 0 Å². The Morgan fingerprint density at radius 3 is 1.64 bits per heavy atom. The lowest BCUT2D eigenvalue weighted by Gasteiger charge is -2.41. The first kappa shape index (κ1) is 50.2. The summed E-state index contributed by atoms with van der Waals surface area (Å²) in [6.45, 7) is 22.8. The molecule has 6 nitrogen and oxygen atoms in total. The summed E-state index contributed by atoms with van der Waals surface area (Å²) in [6.07, 6.45) is 4.00. The fourth-order valence-electron chi connectivity index (χ4n) is 14.9. The minimum Gasteiger partial charge on any atom is -0.454 e. The van der Waals surface area contributed by atoms with Gasteiger partial charge in [-0.25, -0.2) is 9.97 Å². The number of nitrogens with zero attached hydrogens (tertiary/aromatic N) is 5. The van der Waals surface area contributed by atoms with E-state index in [0.717, 1.165) is 73.1 Å². The second-order valence-corrected chi connectivity index (χ2v) is 26.3. The molecule has 408 valence electrons. The van der Waals surface area contributed by atoms with Gasteiger partial charge in [-0.3, -0.25) is 9.80 Å². The van der Waals surface area contributed by atoms with Gasteiger partial charge in [-0.05, 0) is 164 Å². The van der Waals surface area contributed by atoms with Crippen molar-refractivity contribution in [2.45, 2.75) is 90.9 Å². The molecule has 0 fully saturated rings. The maximum atomic E-state index is 7.51. The minimum atomic E-state index is -0.911. The SMILES string of the molecule is Cc1ccc(N(c2ccc(C(C)(C)C)cc2)c2cc3c(c4c2-c2ccccc2C4(C)C)-c2c(cc(N(c4ccc(C(C)(C)C)cc4)c4ccc(C)cn4)c4oc5ccccc5c24)C32c3ccccc3-n3c4ccccc4c4cccc2c43)nc1. The number of hydrogen-bond donors (Lipinski definition) is 0. The Kier molecular flexibility index (Phi) is 10.5. The standard InChI is InChI=1S/C78H65N5O/c1-46-30-40-66(79-44-46)81(50-36-32-48(33-37-50)75(3,4)5)63-42-60-71(72-68(63)54-21-11-14-24-56(54)77(72,9)10)70-59(78(60)57-25-15-17-28-62(57)83-61-27-16-12-20-52(61)53-23-19-26-58(78)73(53)83)43-64(74-69(70)55-22-13-18-29-65(55)84-74)82(67-41-31-47(2)45-80-67)51-38-34-49(35-39-51)76(6,7)8/h11-45H,1-10H3. The Labute approximate surface area is 491 Å². The highest BCUT2D eigenvalue weighted by atomic mass is 16.3. The van der Waals surface area contributed by atoms with Gasteiger partial charge < -0.3 is 8.98 Å². The third kappa shape index (κ3) is 6.85. The minimum absolute atomic E-state index is 0.0400. The van der Waals surface area contributed by atoms with E-state index in [4.69, 9.17) is 14.4 Å². The average molecular weight is 1090 g/mol. The van der Waals surface area contributed by atoms with Crippen LogP contribution in [-0.4, -0.2) is 14.5 Å². The topological polar surface area (TPSA) is 50.3 Å². The van der Waals surface area contributed by atoms with Crippen molar-refractivity contribution in [2.75, 3.05) is 9.80 Å². The number of aromatic nitrogens is 3. The van der Waals surface area contributed by atoms with E-state index >= 15 is 0 Å². The van der Waals surface area contributed by atoms with Gasteiger partial charge in [0.1, 0.15) is 17.2 Å². The van der Waals surface area contributed by atoms with E-state index in [-0.39, 0.29) is 10.8 Å². The van der Waals surface area contributed by atoms with Gasteiger partial charge in [-0.1, -0.05) is 189 Å². The molecule has 16 rings (SSSR count). The van der Waals surface area contributed by atoms with Crippen LogP contribution < -0.4 is 9.80 Å². The molecule has 1 aliphatic heterocycles. The van der Waals surface area contributed by atoms with Crippen molar-refractivity contribution in [3.8, 4) is 27.9 Å². The number of fused-ring (bicyclic) bond motifs is 20. The fourth-order valence-corrected chi connectivity index (χ4v) is 14.9. The smallest absolute Gasteiger partial charge is 0.160 e. The molecule has 2 aliphatic carbocycles. The molecule has 1 spiro atoms. The summed E-state index contributed by atoms with van der Waals surface area (Å²) in [5.41, 5.74) is 24.9. The van der Waals surface area contributed by atoms with Gasteiger partial charge in [0.05, 0.1) is 33.5 Å². The van der Waals surface area contributed by atoms with E-state index < -0.39 is 10.8 Å². The number of rotatable bonds is 6. The third-order valence-electron chi connectivity index (χ3n) is 18.9. The van der Waals surface area contributed by atoms with Crippen LogP contribution in [0.25, 0.3) is 71.7 Å². The van der Waals surface area contributed by atoms with Crippen molar-refractivity contribution in [2.24, 2.45) is 0 Å². The zero-order chi connectivity index (χ0) is 57.3. The Morgan fingerprint density at radius 1 is 0.464 bits per heavy atom. The highest BCUT2D eigenvalue weighted by Crippen LogP contribution is 2.69. The Bertz CT molecular complexity index is 4890.